The first-order valence-electron chi connectivity index (χ1n) is 7.28. The van der Waals surface area contributed by atoms with Crippen LogP contribution >= 0.6 is 0 Å². The molecule has 0 atom stereocenters. The van der Waals surface area contributed by atoms with Crippen molar-refractivity contribution in [2.45, 2.75) is 38.2 Å². The number of ether oxygens (including phenoxy) is 1. The number of benzene rings is 2. The van der Waals surface area contributed by atoms with Gasteiger partial charge in [-0.15, -0.1) is 0 Å². The van der Waals surface area contributed by atoms with Crippen LogP contribution in [0.15, 0.2) is 42.5 Å². The van der Waals surface area contributed by atoms with Crippen LogP contribution < -0.4 is 4.74 Å². The summed E-state index contributed by atoms with van der Waals surface area (Å²) in [6.45, 7) is 0. The van der Waals surface area contributed by atoms with Crippen LogP contribution in [-0.4, -0.2) is 6.10 Å². The fourth-order valence-corrected chi connectivity index (χ4v) is 3.42. The molecule has 0 aliphatic heterocycles. The minimum absolute atomic E-state index is 0.440. The summed E-state index contributed by atoms with van der Waals surface area (Å²) in [5, 5.41) is 0. The zero-order chi connectivity index (χ0) is 12.7. The van der Waals surface area contributed by atoms with Gasteiger partial charge in [-0.05, 0) is 48.4 Å². The molecule has 2 aliphatic rings. The van der Waals surface area contributed by atoms with Crippen LogP contribution in [0.4, 0.5) is 0 Å². The standard InChI is InChI=1S/C18H18O/c1-4-9-15-13(6-1)12-17-16(15)10-5-11-18(17)19-14-7-2-3-8-14/h1,4-6,9-11,14H,2-3,7-8,12H2. The summed E-state index contributed by atoms with van der Waals surface area (Å²) in [7, 11) is 0. The van der Waals surface area contributed by atoms with Crippen LogP contribution in [0.1, 0.15) is 36.8 Å². The van der Waals surface area contributed by atoms with Crippen LogP contribution in [0.25, 0.3) is 11.1 Å². The highest BCUT2D eigenvalue weighted by Gasteiger charge is 2.23. The molecular weight excluding hydrogens is 232 g/mol. The fourth-order valence-electron chi connectivity index (χ4n) is 3.42. The lowest BCUT2D eigenvalue weighted by atomic mass is 10.1. The summed E-state index contributed by atoms with van der Waals surface area (Å²) in [5.41, 5.74) is 5.57. The van der Waals surface area contributed by atoms with Gasteiger partial charge in [-0.1, -0.05) is 36.4 Å². The number of fused-ring (bicyclic) bond motifs is 3. The monoisotopic (exact) mass is 250 g/mol. The average molecular weight is 250 g/mol. The summed E-state index contributed by atoms with van der Waals surface area (Å²) in [4.78, 5) is 0. The predicted octanol–water partition coefficient (Wildman–Crippen LogP) is 4.58. The van der Waals surface area contributed by atoms with Crippen LogP contribution in [0.2, 0.25) is 0 Å². The van der Waals surface area contributed by atoms with Crippen molar-refractivity contribution in [2.75, 3.05) is 0 Å². The molecule has 0 saturated heterocycles. The molecule has 0 bridgehead atoms. The molecule has 1 fully saturated rings. The van der Waals surface area contributed by atoms with Crippen LogP contribution in [0.3, 0.4) is 0 Å². The zero-order valence-electron chi connectivity index (χ0n) is 11.1. The molecular formula is C18H18O. The van der Waals surface area contributed by atoms with Gasteiger partial charge in [0.2, 0.25) is 0 Å². The van der Waals surface area contributed by atoms with Crippen molar-refractivity contribution in [1.29, 1.82) is 0 Å². The maximum atomic E-state index is 6.25. The van der Waals surface area contributed by atoms with Gasteiger partial charge in [0, 0.05) is 12.0 Å². The quantitative estimate of drug-likeness (QED) is 0.647. The second-order valence-electron chi connectivity index (χ2n) is 5.64. The molecule has 0 N–H and O–H groups in total. The molecule has 1 heteroatoms. The van der Waals surface area contributed by atoms with Crippen LogP contribution in [0.5, 0.6) is 5.75 Å². The van der Waals surface area contributed by atoms with Crippen molar-refractivity contribution in [3.8, 4) is 16.9 Å². The molecule has 0 unspecified atom stereocenters. The molecule has 0 aromatic heterocycles. The molecule has 2 aliphatic carbocycles. The van der Waals surface area contributed by atoms with E-state index in [0.717, 1.165) is 12.2 Å². The number of rotatable bonds is 2. The SMILES string of the molecule is c1ccc2c(c1)Cc1c(OC3CCCC3)cccc1-2. The third-order valence-corrected chi connectivity index (χ3v) is 4.40. The van der Waals surface area contributed by atoms with Gasteiger partial charge in [-0.3, -0.25) is 0 Å². The third kappa shape index (κ3) is 1.85. The summed E-state index contributed by atoms with van der Waals surface area (Å²) < 4.78 is 6.25. The molecule has 4 rings (SSSR count). The smallest absolute Gasteiger partial charge is 0.123 e. The molecule has 0 heterocycles. The van der Waals surface area contributed by atoms with Gasteiger partial charge in [-0.25, -0.2) is 0 Å². The molecule has 0 spiro atoms. The largest absolute Gasteiger partial charge is 0.490 e. The summed E-state index contributed by atoms with van der Waals surface area (Å²) in [6.07, 6.45) is 6.54. The Morgan fingerprint density at radius 1 is 0.842 bits per heavy atom. The van der Waals surface area contributed by atoms with E-state index in [1.807, 2.05) is 0 Å². The zero-order valence-corrected chi connectivity index (χ0v) is 11.1. The van der Waals surface area contributed by atoms with E-state index in [4.69, 9.17) is 4.74 Å². The van der Waals surface area contributed by atoms with E-state index in [0.29, 0.717) is 6.10 Å². The highest BCUT2D eigenvalue weighted by molar-refractivity contribution is 5.78. The van der Waals surface area contributed by atoms with Crippen molar-refractivity contribution in [2.24, 2.45) is 0 Å². The van der Waals surface area contributed by atoms with E-state index >= 15 is 0 Å². The van der Waals surface area contributed by atoms with Gasteiger partial charge >= 0.3 is 0 Å². The highest BCUT2D eigenvalue weighted by atomic mass is 16.5. The van der Waals surface area contributed by atoms with Crippen molar-refractivity contribution in [1.82, 2.24) is 0 Å². The normalized spacial score (nSPS) is 17.3. The van der Waals surface area contributed by atoms with Crippen LogP contribution in [0, 0.1) is 0 Å². The Balaban J connectivity index is 1.72. The number of hydrogen-bond acceptors (Lipinski definition) is 1. The summed E-state index contributed by atoms with van der Waals surface area (Å²) >= 11 is 0. The van der Waals surface area contributed by atoms with E-state index in [-0.39, 0.29) is 0 Å². The van der Waals surface area contributed by atoms with E-state index in [2.05, 4.69) is 42.5 Å². The average Bonchev–Trinajstić information content (AvgIpc) is 3.06. The molecule has 1 saturated carbocycles. The van der Waals surface area contributed by atoms with Crippen molar-refractivity contribution < 1.29 is 4.74 Å². The highest BCUT2D eigenvalue weighted by Crippen LogP contribution is 2.41. The fraction of sp³-hybridized carbons (Fsp3) is 0.333. The Bertz CT molecular complexity index is 609. The molecule has 0 amide bonds. The van der Waals surface area contributed by atoms with Gasteiger partial charge in [0.25, 0.3) is 0 Å². The summed E-state index contributed by atoms with van der Waals surface area (Å²) in [6, 6.07) is 15.2. The van der Waals surface area contributed by atoms with Crippen molar-refractivity contribution in [3.63, 3.8) is 0 Å². The van der Waals surface area contributed by atoms with Crippen LogP contribution in [-0.2, 0) is 6.42 Å². The molecule has 96 valence electrons. The maximum Gasteiger partial charge on any atom is 0.123 e. The minimum Gasteiger partial charge on any atom is -0.490 e. The summed E-state index contributed by atoms with van der Waals surface area (Å²) in [5.74, 6) is 1.11. The lowest BCUT2D eigenvalue weighted by Gasteiger charge is -2.16. The lowest BCUT2D eigenvalue weighted by Crippen LogP contribution is -2.11. The molecule has 1 nitrogen and oxygen atoms in total. The van der Waals surface area contributed by atoms with Gasteiger partial charge < -0.3 is 4.74 Å². The maximum absolute atomic E-state index is 6.25. The molecule has 0 radical (unpaired) electrons. The minimum atomic E-state index is 0.440. The Morgan fingerprint density at radius 2 is 1.63 bits per heavy atom. The van der Waals surface area contributed by atoms with Crippen molar-refractivity contribution in [3.05, 3.63) is 53.6 Å². The topological polar surface area (TPSA) is 9.23 Å². The third-order valence-electron chi connectivity index (χ3n) is 4.40. The first-order valence-corrected chi connectivity index (χ1v) is 7.28. The predicted molar refractivity (Wildman–Crippen MR) is 77.6 cm³/mol. The lowest BCUT2D eigenvalue weighted by molar-refractivity contribution is 0.208. The number of hydrogen-bond donors (Lipinski definition) is 0. The van der Waals surface area contributed by atoms with Gasteiger partial charge in [-0.2, -0.15) is 0 Å². The van der Waals surface area contributed by atoms with Gasteiger partial charge in [0.05, 0.1) is 6.10 Å². The molecule has 19 heavy (non-hydrogen) atoms. The Morgan fingerprint density at radius 3 is 2.53 bits per heavy atom. The van der Waals surface area contributed by atoms with E-state index in [1.54, 1.807) is 0 Å². The van der Waals surface area contributed by atoms with E-state index < -0.39 is 0 Å². The van der Waals surface area contributed by atoms with E-state index in [9.17, 15) is 0 Å². The van der Waals surface area contributed by atoms with Gasteiger partial charge in [0.15, 0.2) is 0 Å². The van der Waals surface area contributed by atoms with Gasteiger partial charge in [0.1, 0.15) is 5.75 Å². The first kappa shape index (κ1) is 11.1. The Labute approximate surface area is 114 Å². The Kier molecular flexibility index (Phi) is 2.58. The molecule has 2 aromatic rings. The van der Waals surface area contributed by atoms with Crippen molar-refractivity contribution >= 4 is 0 Å². The Hall–Kier alpha value is -1.76. The second-order valence-corrected chi connectivity index (χ2v) is 5.64. The molecule has 2 aromatic carbocycles. The first-order chi connectivity index (χ1) is 9.42. The van der Waals surface area contributed by atoms with E-state index in [1.165, 1.54) is 47.9 Å². The second kappa shape index (κ2) is 4.41.